The van der Waals surface area contributed by atoms with Crippen molar-refractivity contribution < 1.29 is 78.1 Å². The van der Waals surface area contributed by atoms with Crippen LogP contribution in [0.4, 0.5) is 0 Å². The number of halogens is 2. The van der Waals surface area contributed by atoms with Crippen LogP contribution in [-0.4, -0.2) is 137 Å². The minimum atomic E-state index is -1.34. The molecule has 0 bridgehead atoms. The largest absolute Gasteiger partial charge is 0.490 e. The highest BCUT2D eigenvalue weighted by Crippen LogP contribution is 2.39. The molecule has 4 aliphatic heterocycles. The van der Waals surface area contributed by atoms with Gasteiger partial charge in [0.1, 0.15) is 12.6 Å². The molecule has 0 aromatic heterocycles. The van der Waals surface area contributed by atoms with Crippen molar-refractivity contribution in [3.63, 3.8) is 0 Å². The average molecular weight is 1300 g/mol. The molecule has 4 aliphatic rings. The summed E-state index contributed by atoms with van der Waals surface area (Å²) in [5.41, 5.74) is 15.3. The van der Waals surface area contributed by atoms with E-state index in [0.717, 1.165) is 87.0 Å². The number of aliphatic hydroxyl groups excluding tert-OH is 3. The Bertz CT molecular complexity index is 2870. The summed E-state index contributed by atoms with van der Waals surface area (Å²) < 4.78 is 34.8. The Kier molecular flexibility index (Phi) is 30.3. The van der Waals surface area contributed by atoms with E-state index in [2.05, 4.69) is 77.8 Å². The van der Waals surface area contributed by atoms with Crippen molar-refractivity contribution in [1.82, 2.24) is 0 Å². The van der Waals surface area contributed by atoms with Gasteiger partial charge in [-0.05, 0) is 133 Å². The van der Waals surface area contributed by atoms with E-state index < -0.39 is 48.2 Å². The lowest BCUT2D eigenvalue weighted by Gasteiger charge is -2.32. The van der Waals surface area contributed by atoms with Crippen LogP contribution in [0.1, 0.15) is 93.3 Å². The number of benzene rings is 5. The molecule has 0 radical (unpaired) electrons. The molecule has 1 saturated heterocycles. The third-order valence-electron chi connectivity index (χ3n) is 14.1. The van der Waals surface area contributed by atoms with Crippen molar-refractivity contribution >= 4 is 74.0 Å². The van der Waals surface area contributed by atoms with Gasteiger partial charge in [0.25, 0.3) is 0 Å². The standard InChI is InChI=1S/C21H22O4.C14H16O4.C11H19BO3.C9H10BrNO2.C9H9BrO3.CH4/c22-20(21(23)25-15-17-4-2-1-3-5-17)14-16-6-8-18(9-7-16)19-10-12-24-13-11-19;15-13(14(16)17)9-10-1-3-11(4-2-10)12-5-7-18-8-6-12;1-10(2)11(3,4)15-12(14-10)9-5-7-13-8-6-9;2*10-7-3-1-6(2-4-7)5-8(11)9(12)13;/h1-10,20,22H,11-15H2;1-5,13,15H,6-9H2,(H,16,17);5H,6-8H2,1-4H3;1-4,8H,5,11H2,(H,12,13);1-4,8,11H,5H2,(H,12,13);1H4/t20-;13-;;2*8-;/m11.11./s1. The van der Waals surface area contributed by atoms with Crippen LogP contribution < -0.4 is 5.73 Å². The van der Waals surface area contributed by atoms with Crippen molar-refractivity contribution in [2.24, 2.45) is 5.73 Å². The van der Waals surface area contributed by atoms with Crippen LogP contribution in [0.5, 0.6) is 0 Å². The molecule has 9 rings (SSSR count). The minimum Gasteiger partial charge on any atom is -0.480 e. The Labute approximate surface area is 515 Å². The summed E-state index contributed by atoms with van der Waals surface area (Å²) in [6.07, 6.45) is 6.03. The Balaban J connectivity index is 0.000000233. The van der Waals surface area contributed by atoms with E-state index >= 15 is 0 Å². The summed E-state index contributed by atoms with van der Waals surface area (Å²) >= 11 is 6.55. The predicted octanol–water partition coefficient (Wildman–Crippen LogP) is 10.1. The van der Waals surface area contributed by atoms with E-state index in [0.29, 0.717) is 26.2 Å². The number of esters is 1. The molecule has 458 valence electrons. The maximum atomic E-state index is 11.9. The fraction of sp³-hybridized carbons (Fsp3) is 0.385. The number of rotatable bonds is 17. The summed E-state index contributed by atoms with van der Waals surface area (Å²) in [7, 11) is -0.182. The summed E-state index contributed by atoms with van der Waals surface area (Å²) in [6.45, 7) is 12.7. The molecule has 85 heavy (non-hydrogen) atoms. The molecule has 4 atom stereocenters. The van der Waals surface area contributed by atoms with E-state index in [9.17, 15) is 29.4 Å². The fourth-order valence-electron chi connectivity index (χ4n) is 8.37. The first kappa shape index (κ1) is 71.3. The third kappa shape index (κ3) is 25.0. The predicted molar refractivity (Wildman–Crippen MR) is 334 cm³/mol. The van der Waals surface area contributed by atoms with E-state index in [-0.39, 0.29) is 51.6 Å². The van der Waals surface area contributed by atoms with Gasteiger partial charge < -0.3 is 64.6 Å². The van der Waals surface area contributed by atoms with Crippen LogP contribution in [0.25, 0.3) is 11.1 Å². The number of aliphatic carboxylic acids is 3. The van der Waals surface area contributed by atoms with Crippen LogP contribution in [0, 0.1) is 0 Å². The Morgan fingerprint density at radius 1 is 0.518 bits per heavy atom. The van der Waals surface area contributed by atoms with Crippen LogP contribution >= 0.6 is 31.9 Å². The van der Waals surface area contributed by atoms with Gasteiger partial charge >= 0.3 is 31.0 Å². The number of aliphatic hydroxyl groups is 3. The fourth-order valence-corrected chi connectivity index (χ4v) is 8.90. The van der Waals surface area contributed by atoms with Gasteiger partial charge in [-0.1, -0.05) is 161 Å². The van der Waals surface area contributed by atoms with Crippen LogP contribution in [0.15, 0.2) is 160 Å². The molecule has 17 nitrogen and oxygen atoms in total. The van der Waals surface area contributed by atoms with Gasteiger partial charge in [0.2, 0.25) is 0 Å². The SMILES string of the molecule is C.CC1(C)OB(C2=CCOCC2)OC1(C)C.N[C@H](Cc1ccc(Br)cc1)C(=O)O.O=C(O)[C@H](O)Cc1ccc(Br)cc1.O=C(O)[C@H](O)Cc1ccc(C2=CCOCC2)cc1.O=C(OCc1ccccc1)[C@H](O)Cc1ccc(C2=CCOCC2)cc1. The second kappa shape index (κ2) is 36.1. The number of hydrogen-bond donors (Lipinski definition) is 7. The Morgan fingerprint density at radius 3 is 1.26 bits per heavy atom. The first-order chi connectivity index (χ1) is 40.0. The van der Waals surface area contributed by atoms with E-state index in [4.69, 9.17) is 54.4 Å². The van der Waals surface area contributed by atoms with E-state index in [1.54, 1.807) is 12.1 Å². The van der Waals surface area contributed by atoms with Gasteiger partial charge in [0.15, 0.2) is 18.3 Å². The minimum absolute atomic E-state index is 0. The van der Waals surface area contributed by atoms with Crippen molar-refractivity contribution in [3.8, 4) is 0 Å². The lowest BCUT2D eigenvalue weighted by molar-refractivity contribution is -0.154. The maximum Gasteiger partial charge on any atom is 0.490 e. The number of carbonyl (C=O) groups excluding carboxylic acids is 1. The molecule has 1 fully saturated rings. The van der Waals surface area contributed by atoms with Gasteiger partial charge in [0, 0.05) is 28.2 Å². The van der Waals surface area contributed by atoms with Crippen molar-refractivity contribution in [2.75, 3.05) is 39.6 Å². The molecule has 4 heterocycles. The van der Waals surface area contributed by atoms with Crippen molar-refractivity contribution in [2.45, 2.75) is 122 Å². The molecule has 5 aromatic carbocycles. The molecular weight excluding hydrogens is 1220 g/mol. The van der Waals surface area contributed by atoms with Crippen molar-refractivity contribution in [3.05, 3.63) is 199 Å². The Morgan fingerprint density at radius 2 is 0.894 bits per heavy atom. The van der Waals surface area contributed by atoms with Crippen LogP contribution in [0.3, 0.4) is 0 Å². The molecule has 5 aromatic rings. The summed E-state index contributed by atoms with van der Waals surface area (Å²) in [6, 6.07) is 38.8. The second-order valence-corrected chi connectivity index (χ2v) is 22.9. The van der Waals surface area contributed by atoms with Gasteiger partial charge in [-0.3, -0.25) is 4.79 Å². The quantitative estimate of drug-likeness (QED) is 0.0337. The monoisotopic (exact) mass is 1300 g/mol. The summed E-state index contributed by atoms with van der Waals surface area (Å²) in [5, 5.41) is 54.0. The van der Waals surface area contributed by atoms with Gasteiger partial charge in [-0.2, -0.15) is 0 Å². The first-order valence-corrected chi connectivity index (χ1v) is 29.1. The lowest BCUT2D eigenvalue weighted by atomic mass is 9.75. The highest BCUT2D eigenvalue weighted by molar-refractivity contribution is 9.10. The molecule has 0 spiro atoms. The maximum absolute atomic E-state index is 11.9. The van der Waals surface area contributed by atoms with E-state index in [1.807, 2.05) is 115 Å². The second-order valence-electron chi connectivity index (χ2n) is 21.0. The molecule has 0 unspecified atom stereocenters. The highest BCUT2D eigenvalue weighted by Gasteiger charge is 2.52. The first-order valence-electron chi connectivity index (χ1n) is 27.5. The van der Waals surface area contributed by atoms with Crippen molar-refractivity contribution in [1.29, 1.82) is 0 Å². The Hall–Kier alpha value is -6.14. The lowest BCUT2D eigenvalue weighted by Crippen LogP contribution is -2.41. The zero-order valence-corrected chi connectivity index (χ0v) is 50.9. The number of ether oxygens (including phenoxy) is 4. The number of carbonyl (C=O) groups is 4. The smallest absolute Gasteiger partial charge is 0.480 e. The topological polar surface area (TPSA) is 271 Å². The summed E-state index contributed by atoms with van der Waals surface area (Å²) in [5.74, 6) is -3.95. The molecular formula is C65H80BBr2NO16. The zero-order chi connectivity index (χ0) is 61.2. The highest BCUT2D eigenvalue weighted by atomic mass is 79.9. The van der Waals surface area contributed by atoms with E-state index in [1.165, 1.54) is 16.6 Å². The molecule has 8 N–H and O–H groups in total. The number of carboxylic acid groups (broad SMARTS) is 3. The molecule has 20 heteroatoms. The summed E-state index contributed by atoms with van der Waals surface area (Å²) in [4.78, 5) is 43.2. The van der Waals surface area contributed by atoms with Crippen LogP contribution in [-0.2, 0) is 79.7 Å². The third-order valence-corrected chi connectivity index (χ3v) is 15.1. The van der Waals surface area contributed by atoms with Gasteiger partial charge in [-0.25, -0.2) is 14.4 Å². The normalized spacial score (nSPS) is 17.1. The zero-order valence-electron chi connectivity index (χ0n) is 47.7. The number of nitrogens with two attached hydrogens (primary N) is 1. The molecule has 0 amide bonds. The van der Waals surface area contributed by atoms with Crippen LogP contribution in [0.2, 0.25) is 0 Å². The number of carboxylic acids is 3. The number of hydrogen-bond acceptors (Lipinski definition) is 14. The molecule has 0 saturated carbocycles. The average Bonchev–Trinajstić information content (AvgIpc) is 3.21. The molecule has 0 aliphatic carbocycles. The van der Waals surface area contributed by atoms with Gasteiger partial charge in [0.05, 0.1) is 50.8 Å². The van der Waals surface area contributed by atoms with Gasteiger partial charge in [-0.15, -0.1) is 0 Å².